The zero-order valence-corrected chi connectivity index (χ0v) is 18.8. The highest BCUT2D eigenvalue weighted by atomic mass is 19.1. The molecule has 0 amide bonds. The summed E-state index contributed by atoms with van der Waals surface area (Å²) in [4.78, 5) is 2.65. The van der Waals surface area contributed by atoms with Crippen LogP contribution in [0.3, 0.4) is 0 Å². The van der Waals surface area contributed by atoms with Gasteiger partial charge in [-0.15, -0.1) is 10.2 Å². The minimum atomic E-state index is -0.247. The summed E-state index contributed by atoms with van der Waals surface area (Å²) in [6, 6.07) is 8.65. The van der Waals surface area contributed by atoms with Gasteiger partial charge in [0.15, 0.2) is 0 Å². The number of anilines is 1. The van der Waals surface area contributed by atoms with Crippen molar-refractivity contribution in [1.82, 2.24) is 15.1 Å². The lowest BCUT2D eigenvalue weighted by Crippen LogP contribution is -2.37. The van der Waals surface area contributed by atoms with Crippen LogP contribution < -0.4 is 5.32 Å². The van der Waals surface area contributed by atoms with Crippen molar-refractivity contribution >= 4 is 5.82 Å². The summed E-state index contributed by atoms with van der Waals surface area (Å²) in [5, 5.41) is 12.1. The van der Waals surface area contributed by atoms with Crippen molar-refractivity contribution in [1.29, 1.82) is 0 Å². The van der Waals surface area contributed by atoms with Crippen LogP contribution in [-0.2, 0) is 0 Å². The Morgan fingerprint density at radius 3 is 2.57 bits per heavy atom. The first kappa shape index (κ1) is 21.2. The molecule has 0 radical (unpaired) electrons. The number of nitrogens with one attached hydrogen (secondary N) is 1. The van der Waals surface area contributed by atoms with Crippen LogP contribution in [0.25, 0.3) is 11.3 Å². The molecule has 5 heteroatoms. The lowest BCUT2D eigenvalue weighted by atomic mass is 9.88. The fourth-order valence-corrected chi connectivity index (χ4v) is 4.72. The van der Waals surface area contributed by atoms with E-state index in [0.29, 0.717) is 16.5 Å². The predicted octanol–water partition coefficient (Wildman–Crippen LogP) is 5.54. The summed E-state index contributed by atoms with van der Waals surface area (Å²) in [7, 11) is 0. The van der Waals surface area contributed by atoms with Gasteiger partial charge in [0.1, 0.15) is 11.6 Å². The largest absolute Gasteiger partial charge is 0.368 e. The number of hydrogen-bond acceptors (Lipinski definition) is 4. The molecule has 30 heavy (non-hydrogen) atoms. The summed E-state index contributed by atoms with van der Waals surface area (Å²) < 4.78 is 13.6. The number of halogens is 1. The van der Waals surface area contributed by atoms with E-state index >= 15 is 0 Å². The third-order valence-electron chi connectivity index (χ3n) is 7.06. The number of likely N-dealkylation sites (tertiary alicyclic amines) is 1. The average molecular weight is 411 g/mol. The zero-order chi connectivity index (χ0) is 21.4. The fourth-order valence-electron chi connectivity index (χ4n) is 4.72. The highest BCUT2D eigenvalue weighted by Gasteiger charge is 2.54. The van der Waals surface area contributed by atoms with Gasteiger partial charge in [0.2, 0.25) is 0 Å². The molecule has 0 bridgehead atoms. The smallest absolute Gasteiger partial charge is 0.148 e. The Hall–Kier alpha value is -2.01. The minimum Gasteiger partial charge on any atom is -0.368 e. The van der Waals surface area contributed by atoms with Crippen molar-refractivity contribution in [3.8, 4) is 11.3 Å². The summed E-state index contributed by atoms with van der Waals surface area (Å²) in [6.07, 6.45) is 5.26. The van der Waals surface area contributed by atoms with Crippen molar-refractivity contribution in [2.45, 2.75) is 53.4 Å². The van der Waals surface area contributed by atoms with Crippen LogP contribution in [0, 0.1) is 29.5 Å². The van der Waals surface area contributed by atoms with Crippen LogP contribution in [0.15, 0.2) is 30.3 Å². The molecule has 2 heterocycles. The van der Waals surface area contributed by atoms with Crippen LogP contribution in [0.2, 0.25) is 0 Å². The Labute approximate surface area is 180 Å². The second-order valence-electron chi connectivity index (χ2n) is 10.6. The van der Waals surface area contributed by atoms with Crippen LogP contribution in [-0.4, -0.2) is 41.3 Å². The van der Waals surface area contributed by atoms with Gasteiger partial charge in [0, 0.05) is 12.1 Å². The molecule has 1 aromatic heterocycles. The molecule has 1 aliphatic heterocycles. The van der Waals surface area contributed by atoms with Crippen LogP contribution in [0.4, 0.5) is 10.2 Å². The van der Waals surface area contributed by atoms with Gasteiger partial charge in [0.25, 0.3) is 0 Å². The van der Waals surface area contributed by atoms with E-state index in [9.17, 15) is 4.39 Å². The molecule has 4 nitrogen and oxygen atoms in total. The molecule has 1 saturated heterocycles. The van der Waals surface area contributed by atoms with Crippen LogP contribution >= 0.6 is 0 Å². The number of rotatable bonds is 6. The standard InChI is InChI=1S/C25H35FN4/c1-18-5-6-20(26)15-21(18)22-7-8-23(29-28-22)27-17-19-16-25(19)10-13-30(14-11-25)12-9-24(2,3)4/h5-8,15,19H,9-14,16-17H2,1-4H3,(H,27,29). The Kier molecular flexibility index (Phi) is 5.84. The molecular formula is C25H35FN4. The Bertz CT molecular complexity index is 864. The number of hydrogen-bond donors (Lipinski definition) is 1. The van der Waals surface area contributed by atoms with Gasteiger partial charge in [0.05, 0.1) is 5.69 Å². The minimum absolute atomic E-state index is 0.247. The zero-order valence-electron chi connectivity index (χ0n) is 18.8. The average Bonchev–Trinajstić information content (AvgIpc) is 3.39. The molecule has 162 valence electrons. The van der Waals surface area contributed by atoms with E-state index in [4.69, 9.17) is 0 Å². The van der Waals surface area contributed by atoms with Crippen molar-refractivity contribution in [3.05, 3.63) is 41.7 Å². The number of benzene rings is 1. The Morgan fingerprint density at radius 1 is 1.13 bits per heavy atom. The predicted molar refractivity (Wildman–Crippen MR) is 121 cm³/mol. The van der Waals surface area contributed by atoms with Crippen LogP contribution in [0.5, 0.6) is 0 Å². The van der Waals surface area contributed by atoms with Crippen molar-refractivity contribution in [3.63, 3.8) is 0 Å². The number of aromatic nitrogens is 2. The quantitative estimate of drug-likeness (QED) is 0.679. The molecule has 1 spiro atoms. The molecule has 1 aromatic carbocycles. The van der Waals surface area contributed by atoms with Gasteiger partial charge in [-0.3, -0.25) is 0 Å². The van der Waals surface area contributed by atoms with E-state index < -0.39 is 0 Å². The van der Waals surface area contributed by atoms with Gasteiger partial charge < -0.3 is 10.2 Å². The second kappa shape index (κ2) is 8.26. The van der Waals surface area contributed by atoms with Gasteiger partial charge >= 0.3 is 0 Å². The molecule has 2 aromatic rings. The maximum atomic E-state index is 13.6. The molecule has 1 N–H and O–H groups in total. The van der Waals surface area contributed by atoms with E-state index in [1.165, 1.54) is 57.5 Å². The summed E-state index contributed by atoms with van der Waals surface area (Å²) in [5.74, 6) is 1.30. The van der Waals surface area contributed by atoms with E-state index in [-0.39, 0.29) is 5.82 Å². The van der Waals surface area contributed by atoms with E-state index in [0.717, 1.165) is 29.4 Å². The van der Waals surface area contributed by atoms with Crippen molar-refractivity contribution < 1.29 is 4.39 Å². The summed E-state index contributed by atoms with van der Waals surface area (Å²) >= 11 is 0. The van der Waals surface area contributed by atoms with E-state index in [1.807, 2.05) is 19.1 Å². The van der Waals surface area contributed by atoms with E-state index in [2.05, 4.69) is 41.2 Å². The molecule has 1 unspecified atom stereocenters. The normalized spacial score (nSPS) is 21.0. The van der Waals surface area contributed by atoms with Gasteiger partial charge in [-0.1, -0.05) is 26.8 Å². The van der Waals surface area contributed by atoms with Crippen molar-refractivity contribution in [2.24, 2.45) is 16.7 Å². The Balaban J connectivity index is 1.25. The number of nitrogens with zero attached hydrogens (tertiary/aromatic N) is 3. The van der Waals surface area contributed by atoms with Gasteiger partial charge in [-0.25, -0.2) is 4.39 Å². The number of piperidine rings is 1. The highest BCUT2D eigenvalue weighted by molar-refractivity contribution is 5.63. The van der Waals surface area contributed by atoms with E-state index in [1.54, 1.807) is 6.07 Å². The maximum absolute atomic E-state index is 13.6. The highest BCUT2D eigenvalue weighted by Crippen LogP contribution is 2.59. The van der Waals surface area contributed by atoms with Crippen LogP contribution in [0.1, 0.15) is 52.0 Å². The first-order valence-corrected chi connectivity index (χ1v) is 11.3. The van der Waals surface area contributed by atoms with Gasteiger partial charge in [-0.05, 0) is 98.8 Å². The third kappa shape index (κ3) is 5.00. The topological polar surface area (TPSA) is 41.0 Å². The molecular weight excluding hydrogens is 375 g/mol. The summed E-state index contributed by atoms with van der Waals surface area (Å²) in [6.45, 7) is 13.6. The molecule has 2 fully saturated rings. The monoisotopic (exact) mass is 410 g/mol. The molecule has 2 aliphatic rings. The fraction of sp³-hybridized carbons (Fsp3) is 0.600. The lowest BCUT2D eigenvalue weighted by molar-refractivity contribution is 0.147. The molecule has 1 aliphatic carbocycles. The third-order valence-corrected chi connectivity index (χ3v) is 7.06. The second-order valence-corrected chi connectivity index (χ2v) is 10.6. The summed E-state index contributed by atoms with van der Waals surface area (Å²) in [5.41, 5.74) is 3.49. The number of aryl methyl sites for hydroxylation is 1. The van der Waals surface area contributed by atoms with Gasteiger partial charge in [-0.2, -0.15) is 0 Å². The lowest BCUT2D eigenvalue weighted by Gasteiger charge is -2.34. The molecule has 4 rings (SSSR count). The first-order valence-electron chi connectivity index (χ1n) is 11.3. The van der Waals surface area contributed by atoms with Crippen molar-refractivity contribution in [2.75, 3.05) is 31.5 Å². The maximum Gasteiger partial charge on any atom is 0.148 e. The SMILES string of the molecule is Cc1ccc(F)cc1-c1ccc(NCC2CC23CCN(CCC(C)(C)C)CC3)nn1. The first-order chi connectivity index (χ1) is 14.2. The molecule has 1 atom stereocenters. The molecule has 1 saturated carbocycles. The Morgan fingerprint density at radius 2 is 1.90 bits per heavy atom.